The molecule has 0 saturated heterocycles. The fraction of sp³-hybridized carbons (Fsp3) is 0.647. The lowest BCUT2D eigenvalue weighted by Gasteiger charge is -2.33. The first-order valence-corrected chi connectivity index (χ1v) is 8.67. The Morgan fingerprint density at radius 2 is 1.91 bits per heavy atom. The van der Waals surface area contributed by atoms with Crippen molar-refractivity contribution in [2.75, 3.05) is 19.8 Å². The first-order valence-electron chi connectivity index (χ1n) is 7.44. The summed E-state index contributed by atoms with van der Waals surface area (Å²) in [5.74, 6) is 0.0767. The fourth-order valence-corrected chi connectivity index (χ4v) is 2.85. The predicted molar refractivity (Wildman–Crippen MR) is 95.7 cm³/mol. The molecule has 5 heteroatoms. The summed E-state index contributed by atoms with van der Waals surface area (Å²) >= 11 is 1.17. The van der Waals surface area contributed by atoms with Crippen LogP contribution in [0.3, 0.4) is 0 Å². The van der Waals surface area contributed by atoms with Crippen molar-refractivity contribution in [3.05, 3.63) is 24.9 Å². The Kier molecular flexibility index (Phi) is 8.53. The minimum absolute atomic E-state index is 0.0166. The Morgan fingerprint density at radius 3 is 2.32 bits per heavy atom. The number of nitrogens with one attached hydrogen (secondary N) is 1. The number of hydrogen-bond donors (Lipinski definition) is 1. The molecule has 0 rings (SSSR count). The van der Waals surface area contributed by atoms with Crippen molar-refractivity contribution in [1.29, 1.82) is 0 Å². The van der Waals surface area contributed by atoms with Gasteiger partial charge in [0, 0.05) is 25.7 Å². The van der Waals surface area contributed by atoms with Crippen molar-refractivity contribution in [3.8, 4) is 0 Å². The summed E-state index contributed by atoms with van der Waals surface area (Å²) in [6, 6.07) is -0.380. The molecule has 1 N–H and O–H groups in total. The summed E-state index contributed by atoms with van der Waals surface area (Å²) < 4.78 is 0. The van der Waals surface area contributed by atoms with Crippen molar-refractivity contribution >= 4 is 22.8 Å². The first-order chi connectivity index (χ1) is 10.1. The topological polar surface area (TPSA) is 49.4 Å². The molecule has 0 spiro atoms. The molecule has 0 heterocycles. The zero-order valence-electron chi connectivity index (χ0n) is 14.7. The third-order valence-electron chi connectivity index (χ3n) is 3.55. The molecule has 0 bridgehead atoms. The smallest absolute Gasteiger partial charge is 0.223 e. The van der Waals surface area contributed by atoms with Gasteiger partial charge in [0.1, 0.15) is 6.04 Å². The van der Waals surface area contributed by atoms with Gasteiger partial charge < -0.3 is 10.2 Å². The first kappa shape index (κ1) is 20.8. The zero-order valence-corrected chi connectivity index (χ0v) is 15.5. The SMILES string of the molecule is C=CC(=C)NCC(C)(C)CC(=O)N(C)C(C(=O)SC)C(C)C. The van der Waals surface area contributed by atoms with E-state index in [1.807, 2.05) is 27.7 Å². The molecule has 0 aliphatic carbocycles. The quantitative estimate of drug-likeness (QED) is 0.662. The number of rotatable bonds is 9. The number of amides is 1. The van der Waals surface area contributed by atoms with Crippen LogP contribution in [0.4, 0.5) is 0 Å². The van der Waals surface area contributed by atoms with Gasteiger partial charge in [0.25, 0.3) is 0 Å². The average Bonchev–Trinajstić information content (AvgIpc) is 2.43. The Morgan fingerprint density at radius 1 is 1.36 bits per heavy atom. The van der Waals surface area contributed by atoms with E-state index >= 15 is 0 Å². The standard InChI is InChI=1S/C17H30N2O2S/c1-9-13(4)18-11-17(5,6)10-14(20)19(7)15(12(2)3)16(21)22-8/h9,12,15,18H,1,4,10-11H2,2-3,5-8H3. The monoisotopic (exact) mass is 326 g/mol. The maximum Gasteiger partial charge on any atom is 0.223 e. The van der Waals surface area contributed by atoms with Crippen LogP contribution in [0.2, 0.25) is 0 Å². The maximum atomic E-state index is 12.5. The molecule has 0 aromatic rings. The Bertz CT molecular complexity index is 430. The van der Waals surface area contributed by atoms with Crippen LogP contribution in [0.5, 0.6) is 0 Å². The van der Waals surface area contributed by atoms with Gasteiger partial charge in [-0.3, -0.25) is 9.59 Å². The summed E-state index contributed by atoms with van der Waals surface area (Å²) in [6.45, 7) is 16.0. The van der Waals surface area contributed by atoms with E-state index in [-0.39, 0.29) is 28.4 Å². The lowest BCUT2D eigenvalue weighted by atomic mass is 9.88. The molecule has 1 unspecified atom stereocenters. The van der Waals surface area contributed by atoms with Crippen LogP contribution in [0, 0.1) is 11.3 Å². The number of nitrogens with zero attached hydrogens (tertiary/aromatic N) is 1. The van der Waals surface area contributed by atoms with Gasteiger partial charge in [0.05, 0.1) is 0 Å². The average molecular weight is 327 g/mol. The highest BCUT2D eigenvalue weighted by molar-refractivity contribution is 8.13. The van der Waals surface area contributed by atoms with Crippen molar-refractivity contribution in [3.63, 3.8) is 0 Å². The van der Waals surface area contributed by atoms with Gasteiger partial charge in [-0.15, -0.1) is 0 Å². The van der Waals surface area contributed by atoms with Gasteiger partial charge in [-0.05, 0) is 23.7 Å². The summed E-state index contributed by atoms with van der Waals surface area (Å²) in [6.07, 6.45) is 3.77. The number of thioether (sulfide) groups is 1. The molecule has 0 saturated carbocycles. The Labute approximate surface area is 139 Å². The van der Waals surface area contributed by atoms with Crippen LogP contribution in [0.1, 0.15) is 34.1 Å². The van der Waals surface area contributed by atoms with E-state index in [4.69, 9.17) is 0 Å². The lowest BCUT2D eigenvalue weighted by Crippen LogP contribution is -2.46. The molecule has 0 aliphatic rings. The van der Waals surface area contributed by atoms with Crippen molar-refractivity contribution in [2.24, 2.45) is 11.3 Å². The highest BCUT2D eigenvalue weighted by atomic mass is 32.2. The van der Waals surface area contributed by atoms with Gasteiger partial charge >= 0.3 is 0 Å². The molecule has 0 radical (unpaired) electrons. The minimum Gasteiger partial charge on any atom is -0.385 e. The van der Waals surface area contributed by atoms with Gasteiger partial charge in [0.15, 0.2) is 0 Å². The van der Waals surface area contributed by atoms with E-state index in [9.17, 15) is 9.59 Å². The van der Waals surface area contributed by atoms with E-state index in [1.54, 1.807) is 24.3 Å². The molecule has 0 aromatic heterocycles. The van der Waals surface area contributed by atoms with Gasteiger partial charge in [0.2, 0.25) is 11.0 Å². The van der Waals surface area contributed by atoms with E-state index in [1.165, 1.54) is 11.8 Å². The molecule has 0 fully saturated rings. The second kappa shape index (κ2) is 9.03. The molecule has 1 amide bonds. The number of hydrogen-bond acceptors (Lipinski definition) is 4. The molecular formula is C17H30N2O2S. The number of likely N-dealkylation sites (N-methyl/N-ethyl adjacent to an activating group) is 1. The van der Waals surface area contributed by atoms with Crippen LogP contribution in [0.15, 0.2) is 24.9 Å². The number of carbonyl (C=O) groups excluding carboxylic acids is 2. The Balaban J connectivity index is 4.83. The molecule has 0 aromatic carbocycles. The molecule has 0 aliphatic heterocycles. The summed E-state index contributed by atoms with van der Waals surface area (Å²) in [5.41, 5.74) is 0.507. The van der Waals surface area contributed by atoms with Gasteiger partial charge in [-0.2, -0.15) is 0 Å². The van der Waals surface area contributed by atoms with Gasteiger partial charge in [-0.25, -0.2) is 0 Å². The third kappa shape index (κ3) is 6.69. The lowest BCUT2D eigenvalue weighted by molar-refractivity contribution is -0.138. The van der Waals surface area contributed by atoms with Crippen LogP contribution >= 0.6 is 11.8 Å². The zero-order chi connectivity index (χ0) is 17.5. The molecule has 4 nitrogen and oxygen atoms in total. The highest BCUT2D eigenvalue weighted by Gasteiger charge is 2.32. The van der Waals surface area contributed by atoms with Crippen LogP contribution < -0.4 is 5.32 Å². The minimum atomic E-state index is -0.380. The normalized spacial score (nSPS) is 12.7. The summed E-state index contributed by atoms with van der Waals surface area (Å²) in [7, 11) is 1.72. The fourth-order valence-electron chi connectivity index (χ4n) is 2.17. The van der Waals surface area contributed by atoms with E-state index in [0.29, 0.717) is 13.0 Å². The van der Waals surface area contributed by atoms with Crippen LogP contribution in [-0.4, -0.2) is 41.8 Å². The molecular weight excluding hydrogens is 296 g/mol. The molecule has 22 heavy (non-hydrogen) atoms. The summed E-state index contributed by atoms with van der Waals surface area (Å²) in [5, 5.41) is 3.18. The maximum absolute atomic E-state index is 12.5. The van der Waals surface area contributed by atoms with E-state index in [2.05, 4.69) is 18.5 Å². The van der Waals surface area contributed by atoms with Crippen molar-refractivity contribution in [2.45, 2.75) is 40.2 Å². The number of carbonyl (C=O) groups is 2. The van der Waals surface area contributed by atoms with E-state index < -0.39 is 0 Å². The second-order valence-electron chi connectivity index (χ2n) is 6.64. The predicted octanol–water partition coefficient (Wildman–Crippen LogP) is 3.06. The van der Waals surface area contributed by atoms with Crippen LogP contribution in [0.25, 0.3) is 0 Å². The van der Waals surface area contributed by atoms with Crippen LogP contribution in [-0.2, 0) is 9.59 Å². The number of allylic oxidation sites excluding steroid dienone is 1. The molecule has 126 valence electrons. The largest absolute Gasteiger partial charge is 0.385 e. The van der Waals surface area contributed by atoms with E-state index in [0.717, 1.165) is 5.70 Å². The highest BCUT2D eigenvalue weighted by Crippen LogP contribution is 2.23. The van der Waals surface area contributed by atoms with Gasteiger partial charge in [-0.1, -0.05) is 52.6 Å². The third-order valence-corrected chi connectivity index (χ3v) is 4.20. The second-order valence-corrected chi connectivity index (χ2v) is 7.45. The Hall–Kier alpha value is -1.23. The van der Waals surface area contributed by atoms with Crippen molar-refractivity contribution in [1.82, 2.24) is 10.2 Å². The van der Waals surface area contributed by atoms with Crippen molar-refractivity contribution < 1.29 is 9.59 Å². The molecule has 1 atom stereocenters. The summed E-state index contributed by atoms with van der Waals surface area (Å²) in [4.78, 5) is 26.2.